The van der Waals surface area contributed by atoms with Gasteiger partial charge in [-0.1, -0.05) is 6.42 Å². The Labute approximate surface area is 99.7 Å². The van der Waals surface area contributed by atoms with Crippen molar-refractivity contribution in [1.82, 2.24) is 15.3 Å². The number of oxazole rings is 1. The van der Waals surface area contributed by atoms with Crippen molar-refractivity contribution in [3.63, 3.8) is 0 Å². The summed E-state index contributed by atoms with van der Waals surface area (Å²) in [5, 5.41) is 5.22. The van der Waals surface area contributed by atoms with Gasteiger partial charge in [-0.2, -0.15) is 0 Å². The van der Waals surface area contributed by atoms with E-state index in [1.54, 1.807) is 29.2 Å². The zero-order valence-electron chi connectivity index (χ0n) is 9.21. The minimum absolute atomic E-state index is 1.25. The minimum atomic E-state index is 1.25. The van der Waals surface area contributed by atoms with Crippen LogP contribution in [0.25, 0.3) is 0 Å². The van der Waals surface area contributed by atoms with E-state index < -0.39 is 0 Å². The zero-order valence-corrected chi connectivity index (χ0v) is 10.0. The molecule has 3 heterocycles. The molecule has 0 amide bonds. The highest BCUT2D eigenvalue weighted by atomic mass is 32.1. The molecule has 16 heavy (non-hydrogen) atoms. The molecule has 1 saturated heterocycles. The maximum atomic E-state index is 4.47. The molecular formula is C11H17N3OS. The van der Waals surface area contributed by atoms with Gasteiger partial charge in [0.15, 0.2) is 6.39 Å². The molecule has 0 radical (unpaired) electrons. The molecule has 0 saturated carbocycles. The monoisotopic (exact) mass is 239 g/mol. The molecule has 1 aliphatic rings. The molecule has 4 nitrogen and oxygen atoms in total. The van der Waals surface area contributed by atoms with E-state index >= 15 is 0 Å². The number of rotatable bonds is 0. The second kappa shape index (κ2) is 10.3. The van der Waals surface area contributed by atoms with Gasteiger partial charge in [-0.3, -0.25) is 4.98 Å². The maximum absolute atomic E-state index is 4.47. The lowest BCUT2D eigenvalue weighted by Gasteiger charge is -2.08. The molecular weight excluding hydrogens is 222 g/mol. The number of aromatic nitrogens is 2. The summed E-state index contributed by atoms with van der Waals surface area (Å²) < 4.78 is 4.47. The molecule has 0 aromatic carbocycles. The van der Waals surface area contributed by atoms with Crippen LogP contribution in [0.15, 0.2) is 40.4 Å². The number of thiazole rings is 1. The summed E-state index contributed by atoms with van der Waals surface area (Å²) in [5.41, 5.74) is 1.79. The molecule has 0 atom stereocenters. The highest BCUT2D eigenvalue weighted by molar-refractivity contribution is 7.07. The van der Waals surface area contributed by atoms with Crippen LogP contribution in [0, 0.1) is 0 Å². The van der Waals surface area contributed by atoms with E-state index in [2.05, 4.69) is 19.7 Å². The first-order valence-corrected chi connectivity index (χ1v) is 6.29. The van der Waals surface area contributed by atoms with Crippen molar-refractivity contribution in [1.29, 1.82) is 0 Å². The lowest BCUT2D eigenvalue weighted by Crippen LogP contribution is -2.21. The second-order valence-corrected chi connectivity index (χ2v) is 3.92. The number of hydrogen-bond donors (Lipinski definition) is 1. The van der Waals surface area contributed by atoms with E-state index in [1.165, 1.54) is 45.0 Å². The Kier molecular flexibility index (Phi) is 8.30. The van der Waals surface area contributed by atoms with Crippen molar-refractivity contribution in [2.75, 3.05) is 13.1 Å². The van der Waals surface area contributed by atoms with Gasteiger partial charge < -0.3 is 9.73 Å². The van der Waals surface area contributed by atoms with E-state index in [0.717, 1.165) is 0 Å². The highest BCUT2D eigenvalue weighted by Gasteiger charge is 1.93. The van der Waals surface area contributed by atoms with Gasteiger partial charge in [0.2, 0.25) is 0 Å². The number of piperidine rings is 1. The lowest BCUT2D eigenvalue weighted by atomic mass is 10.2. The van der Waals surface area contributed by atoms with E-state index in [4.69, 9.17) is 0 Å². The van der Waals surface area contributed by atoms with Crippen LogP contribution >= 0.6 is 11.3 Å². The Morgan fingerprint density at radius 1 is 1.06 bits per heavy atom. The number of hydrogen-bond acceptors (Lipinski definition) is 5. The van der Waals surface area contributed by atoms with E-state index in [-0.39, 0.29) is 0 Å². The first kappa shape index (κ1) is 12.9. The quantitative estimate of drug-likeness (QED) is 0.767. The van der Waals surface area contributed by atoms with Crippen molar-refractivity contribution in [2.45, 2.75) is 19.3 Å². The summed E-state index contributed by atoms with van der Waals surface area (Å²) in [5.74, 6) is 0. The number of nitrogens with zero attached hydrogens (tertiary/aromatic N) is 2. The average molecular weight is 239 g/mol. The molecule has 2 aromatic heterocycles. The maximum Gasteiger partial charge on any atom is 0.180 e. The van der Waals surface area contributed by atoms with Crippen molar-refractivity contribution in [3.8, 4) is 0 Å². The van der Waals surface area contributed by atoms with Gasteiger partial charge in [0, 0.05) is 11.6 Å². The minimum Gasteiger partial charge on any atom is -0.452 e. The normalized spacial score (nSPS) is 14.0. The van der Waals surface area contributed by atoms with Crippen LogP contribution < -0.4 is 5.32 Å². The predicted octanol–water partition coefficient (Wildman–Crippen LogP) is 2.58. The summed E-state index contributed by atoms with van der Waals surface area (Å²) in [7, 11) is 0. The molecule has 1 fully saturated rings. The molecule has 5 heteroatoms. The van der Waals surface area contributed by atoms with Gasteiger partial charge in [0.05, 0.1) is 11.7 Å². The molecule has 0 bridgehead atoms. The molecule has 1 aliphatic heterocycles. The van der Waals surface area contributed by atoms with Crippen molar-refractivity contribution in [3.05, 3.63) is 35.9 Å². The van der Waals surface area contributed by atoms with Gasteiger partial charge in [0.25, 0.3) is 0 Å². The Bertz CT molecular complexity index is 221. The van der Waals surface area contributed by atoms with Crippen LogP contribution in [0.5, 0.6) is 0 Å². The molecule has 0 unspecified atom stereocenters. The first-order valence-electron chi connectivity index (χ1n) is 5.35. The molecule has 2 aromatic rings. The van der Waals surface area contributed by atoms with Crippen molar-refractivity contribution >= 4 is 11.3 Å². The zero-order chi connectivity index (χ0) is 11.3. The SMILES string of the molecule is C1CCNCC1.c1cocn1.c1cscn1. The molecule has 1 N–H and O–H groups in total. The standard InChI is InChI=1S/C5H11N.C3H3NO.C3H3NS/c1-2-4-6-5-3-1;2*1-2-5-3-4-1/h6H,1-5H2;2*1-3H. The van der Waals surface area contributed by atoms with Crippen LogP contribution in [-0.4, -0.2) is 23.1 Å². The van der Waals surface area contributed by atoms with Gasteiger partial charge >= 0.3 is 0 Å². The third-order valence-corrected chi connectivity index (χ3v) is 2.42. The van der Waals surface area contributed by atoms with Crippen LogP contribution in [0.3, 0.4) is 0 Å². The third kappa shape index (κ3) is 8.14. The van der Waals surface area contributed by atoms with E-state index in [1.807, 2.05) is 5.38 Å². The first-order chi connectivity index (χ1) is 8.00. The largest absolute Gasteiger partial charge is 0.452 e. The Hall–Kier alpha value is -1.20. The number of nitrogens with one attached hydrogen (secondary N) is 1. The molecule has 0 spiro atoms. The average Bonchev–Trinajstić information content (AvgIpc) is 3.10. The molecule has 0 aliphatic carbocycles. The summed E-state index contributed by atoms with van der Waals surface area (Å²) in [6.45, 7) is 2.50. The fraction of sp³-hybridized carbons (Fsp3) is 0.455. The van der Waals surface area contributed by atoms with Crippen molar-refractivity contribution < 1.29 is 4.42 Å². The second-order valence-electron chi connectivity index (χ2n) is 3.16. The lowest BCUT2D eigenvalue weighted by molar-refractivity contribution is 0.520. The highest BCUT2D eigenvalue weighted by Crippen LogP contribution is 1.96. The summed E-state index contributed by atoms with van der Waals surface area (Å²) in [6, 6.07) is 0. The van der Waals surface area contributed by atoms with Gasteiger partial charge in [0.1, 0.15) is 6.26 Å². The van der Waals surface area contributed by atoms with E-state index in [9.17, 15) is 0 Å². The topological polar surface area (TPSA) is 51.0 Å². The smallest absolute Gasteiger partial charge is 0.180 e. The van der Waals surface area contributed by atoms with Crippen LogP contribution in [0.4, 0.5) is 0 Å². The summed E-state index contributed by atoms with van der Waals surface area (Å²) in [6.07, 6.45) is 10.5. The van der Waals surface area contributed by atoms with Gasteiger partial charge in [-0.25, -0.2) is 4.98 Å². The predicted molar refractivity (Wildman–Crippen MR) is 65.3 cm³/mol. The fourth-order valence-corrected chi connectivity index (χ4v) is 1.50. The van der Waals surface area contributed by atoms with Crippen LogP contribution in [0.1, 0.15) is 19.3 Å². The Balaban J connectivity index is 0.000000121. The van der Waals surface area contributed by atoms with Crippen molar-refractivity contribution in [2.24, 2.45) is 0 Å². The van der Waals surface area contributed by atoms with Crippen LogP contribution in [0.2, 0.25) is 0 Å². The summed E-state index contributed by atoms with van der Waals surface area (Å²) >= 11 is 1.60. The van der Waals surface area contributed by atoms with Crippen LogP contribution in [-0.2, 0) is 0 Å². The fourth-order valence-electron chi connectivity index (χ4n) is 1.15. The van der Waals surface area contributed by atoms with E-state index in [0.29, 0.717) is 0 Å². The summed E-state index contributed by atoms with van der Waals surface area (Å²) in [4.78, 5) is 7.30. The Morgan fingerprint density at radius 2 is 1.94 bits per heavy atom. The Morgan fingerprint density at radius 3 is 2.12 bits per heavy atom. The molecule has 88 valence electrons. The third-order valence-electron chi connectivity index (χ3n) is 1.90. The van der Waals surface area contributed by atoms with Gasteiger partial charge in [-0.15, -0.1) is 11.3 Å². The molecule has 3 rings (SSSR count). The van der Waals surface area contributed by atoms with Gasteiger partial charge in [-0.05, 0) is 25.9 Å².